The zero-order valence-electron chi connectivity index (χ0n) is 24.4. The highest BCUT2D eigenvalue weighted by Crippen LogP contribution is 2.34. The van der Waals surface area contributed by atoms with Crippen LogP contribution in [-0.4, -0.2) is 63.7 Å². The summed E-state index contributed by atoms with van der Waals surface area (Å²) >= 11 is 0. The summed E-state index contributed by atoms with van der Waals surface area (Å²) < 4.78 is 38.4. The Morgan fingerprint density at radius 1 is 0.929 bits per heavy atom. The topological polar surface area (TPSA) is 105 Å². The van der Waals surface area contributed by atoms with Gasteiger partial charge in [-0.25, -0.2) is 8.42 Å². The van der Waals surface area contributed by atoms with E-state index in [4.69, 9.17) is 9.47 Å². The van der Waals surface area contributed by atoms with Crippen molar-refractivity contribution < 1.29 is 27.5 Å². The Labute approximate surface area is 248 Å². The molecule has 10 heteroatoms. The van der Waals surface area contributed by atoms with Gasteiger partial charge in [0.2, 0.25) is 21.8 Å². The molecule has 1 unspecified atom stereocenters. The molecule has 0 bridgehead atoms. The van der Waals surface area contributed by atoms with E-state index in [1.807, 2.05) is 68.4 Å². The average molecular weight is 594 g/mol. The van der Waals surface area contributed by atoms with Crippen molar-refractivity contribution in [1.82, 2.24) is 10.2 Å². The molecule has 0 saturated carbocycles. The van der Waals surface area contributed by atoms with E-state index in [1.165, 1.54) is 4.90 Å². The van der Waals surface area contributed by atoms with Gasteiger partial charge >= 0.3 is 0 Å². The van der Waals surface area contributed by atoms with Crippen LogP contribution in [0, 0.1) is 6.92 Å². The van der Waals surface area contributed by atoms with Gasteiger partial charge < -0.3 is 19.7 Å². The summed E-state index contributed by atoms with van der Waals surface area (Å²) in [6.07, 6.45) is 3.05. The zero-order chi connectivity index (χ0) is 30.1. The van der Waals surface area contributed by atoms with Crippen LogP contribution in [0.4, 0.5) is 5.69 Å². The van der Waals surface area contributed by atoms with Gasteiger partial charge in [-0.1, -0.05) is 73.5 Å². The normalized spacial score (nSPS) is 13.2. The van der Waals surface area contributed by atoms with Crippen LogP contribution in [-0.2, 0) is 32.6 Å². The van der Waals surface area contributed by atoms with E-state index in [1.54, 1.807) is 18.2 Å². The van der Waals surface area contributed by atoms with Crippen molar-refractivity contribution in [3.63, 3.8) is 0 Å². The van der Waals surface area contributed by atoms with Crippen LogP contribution in [0.15, 0.2) is 72.8 Å². The van der Waals surface area contributed by atoms with E-state index in [0.717, 1.165) is 40.1 Å². The maximum atomic E-state index is 14.2. The number of nitrogens with zero attached hydrogens (tertiary/aromatic N) is 2. The summed E-state index contributed by atoms with van der Waals surface area (Å²) in [7, 11) is -3.89. The Morgan fingerprint density at radius 2 is 1.64 bits per heavy atom. The van der Waals surface area contributed by atoms with Crippen LogP contribution in [0.2, 0.25) is 0 Å². The van der Waals surface area contributed by atoms with E-state index in [9.17, 15) is 18.0 Å². The summed E-state index contributed by atoms with van der Waals surface area (Å²) in [5.74, 6) is 0.146. The number of sulfonamides is 1. The van der Waals surface area contributed by atoms with Crippen LogP contribution < -0.4 is 19.1 Å². The van der Waals surface area contributed by atoms with Gasteiger partial charge in [0.25, 0.3) is 0 Å². The molecule has 42 heavy (non-hydrogen) atoms. The number of aryl methyl sites for hydroxylation is 1. The third-order valence-electron chi connectivity index (χ3n) is 7.03. The number of hydrogen-bond acceptors (Lipinski definition) is 6. The fourth-order valence-electron chi connectivity index (χ4n) is 4.87. The molecule has 0 fully saturated rings. The van der Waals surface area contributed by atoms with Crippen LogP contribution in [0.5, 0.6) is 11.5 Å². The Kier molecular flexibility index (Phi) is 10.5. The first-order valence-corrected chi connectivity index (χ1v) is 16.0. The lowest BCUT2D eigenvalue weighted by molar-refractivity contribution is -0.140. The molecule has 0 spiro atoms. The standard InChI is InChI=1S/C32H39N3O6S/c1-4-5-16-33-32(37)28(20-25-11-7-6-8-12-25)34(22-26-13-9-10-24(2)19-26)31(36)23-35(42(3,38)39)27-14-15-29-30(21-27)41-18-17-40-29/h6-15,19,21,28H,4-5,16-18,20,22-23H2,1-3H3,(H,33,37). The number of carbonyl (C=O) groups excluding carboxylic acids is 2. The van der Waals surface area contributed by atoms with E-state index in [-0.39, 0.29) is 24.6 Å². The second-order valence-electron chi connectivity index (χ2n) is 10.5. The second-order valence-corrected chi connectivity index (χ2v) is 12.4. The lowest BCUT2D eigenvalue weighted by Gasteiger charge is -2.33. The van der Waals surface area contributed by atoms with Crippen molar-refractivity contribution in [1.29, 1.82) is 0 Å². The summed E-state index contributed by atoms with van der Waals surface area (Å²) in [5, 5.41) is 2.99. The van der Waals surface area contributed by atoms with Crippen molar-refractivity contribution in [2.75, 3.05) is 36.9 Å². The summed E-state index contributed by atoms with van der Waals surface area (Å²) in [6.45, 7) is 4.88. The number of unbranched alkanes of at least 4 members (excludes halogenated alkanes) is 1. The van der Waals surface area contributed by atoms with Crippen molar-refractivity contribution >= 4 is 27.5 Å². The first-order chi connectivity index (χ1) is 20.2. The molecular weight excluding hydrogens is 554 g/mol. The van der Waals surface area contributed by atoms with Gasteiger partial charge in [0.05, 0.1) is 11.9 Å². The summed E-state index contributed by atoms with van der Waals surface area (Å²) in [4.78, 5) is 29.4. The molecule has 0 saturated heterocycles. The Morgan fingerprint density at radius 3 is 2.33 bits per heavy atom. The first-order valence-electron chi connectivity index (χ1n) is 14.2. The van der Waals surface area contributed by atoms with E-state index < -0.39 is 28.5 Å². The number of carbonyl (C=O) groups is 2. The molecule has 0 aliphatic carbocycles. The Balaban J connectivity index is 1.71. The molecule has 1 aliphatic rings. The lowest BCUT2D eigenvalue weighted by Crippen LogP contribution is -2.53. The number of fused-ring (bicyclic) bond motifs is 1. The maximum Gasteiger partial charge on any atom is 0.244 e. The average Bonchev–Trinajstić information content (AvgIpc) is 2.97. The molecule has 2 amide bonds. The highest BCUT2D eigenvalue weighted by molar-refractivity contribution is 7.92. The van der Waals surface area contributed by atoms with Gasteiger partial charge in [0.1, 0.15) is 25.8 Å². The van der Waals surface area contributed by atoms with Crippen LogP contribution in [0.3, 0.4) is 0 Å². The quantitative estimate of drug-likeness (QED) is 0.300. The van der Waals surface area contributed by atoms with Crippen molar-refractivity contribution in [2.24, 2.45) is 0 Å². The SMILES string of the molecule is CCCCNC(=O)C(Cc1ccccc1)N(Cc1cccc(C)c1)C(=O)CN(c1ccc2c(c1)OCCO2)S(C)(=O)=O. The number of nitrogens with one attached hydrogen (secondary N) is 1. The molecule has 0 aromatic heterocycles. The predicted octanol–water partition coefficient (Wildman–Crippen LogP) is 4.09. The smallest absolute Gasteiger partial charge is 0.244 e. The fourth-order valence-corrected chi connectivity index (χ4v) is 5.71. The van der Waals surface area contributed by atoms with Gasteiger partial charge in [-0.3, -0.25) is 13.9 Å². The van der Waals surface area contributed by atoms with Gasteiger partial charge in [0, 0.05) is 25.6 Å². The lowest BCUT2D eigenvalue weighted by atomic mass is 10.0. The minimum absolute atomic E-state index is 0.137. The van der Waals surface area contributed by atoms with Gasteiger partial charge in [0.15, 0.2) is 11.5 Å². The van der Waals surface area contributed by atoms with Crippen LogP contribution in [0.25, 0.3) is 0 Å². The second kappa shape index (κ2) is 14.2. The highest BCUT2D eigenvalue weighted by Gasteiger charge is 2.33. The van der Waals surface area contributed by atoms with Crippen molar-refractivity contribution in [2.45, 2.75) is 45.7 Å². The summed E-state index contributed by atoms with van der Waals surface area (Å²) in [6, 6.07) is 21.2. The first kappa shape index (κ1) is 30.9. The minimum atomic E-state index is -3.89. The molecule has 0 radical (unpaired) electrons. The van der Waals surface area contributed by atoms with E-state index in [2.05, 4.69) is 5.32 Å². The largest absolute Gasteiger partial charge is 0.486 e. The minimum Gasteiger partial charge on any atom is -0.486 e. The molecule has 224 valence electrons. The molecular formula is C32H39N3O6S. The molecule has 9 nitrogen and oxygen atoms in total. The molecule has 1 aliphatic heterocycles. The number of hydrogen-bond donors (Lipinski definition) is 1. The third kappa shape index (κ3) is 8.25. The number of anilines is 1. The van der Waals surface area contributed by atoms with Gasteiger partial charge in [-0.2, -0.15) is 0 Å². The van der Waals surface area contributed by atoms with Crippen molar-refractivity contribution in [3.05, 3.63) is 89.5 Å². The fraction of sp³-hybridized carbons (Fsp3) is 0.375. The maximum absolute atomic E-state index is 14.2. The predicted molar refractivity (Wildman–Crippen MR) is 163 cm³/mol. The zero-order valence-corrected chi connectivity index (χ0v) is 25.2. The Bertz CT molecular complexity index is 1480. The third-order valence-corrected chi connectivity index (χ3v) is 8.17. The van der Waals surface area contributed by atoms with E-state index in [0.29, 0.717) is 31.3 Å². The molecule has 3 aromatic carbocycles. The van der Waals surface area contributed by atoms with Crippen molar-refractivity contribution in [3.8, 4) is 11.5 Å². The number of ether oxygens (including phenoxy) is 2. The van der Waals surface area contributed by atoms with Gasteiger partial charge in [-0.15, -0.1) is 0 Å². The molecule has 1 atom stereocenters. The van der Waals surface area contributed by atoms with E-state index >= 15 is 0 Å². The number of benzene rings is 3. The molecule has 1 heterocycles. The van der Waals surface area contributed by atoms with Crippen LogP contribution >= 0.6 is 0 Å². The monoisotopic (exact) mass is 593 g/mol. The molecule has 4 rings (SSSR count). The van der Waals surface area contributed by atoms with Gasteiger partial charge in [-0.05, 0) is 36.6 Å². The molecule has 1 N–H and O–H groups in total. The van der Waals surface area contributed by atoms with Crippen LogP contribution in [0.1, 0.15) is 36.5 Å². The summed E-state index contributed by atoms with van der Waals surface area (Å²) in [5.41, 5.74) is 3.02. The highest BCUT2D eigenvalue weighted by atomic mass is 32.2. The number of rotatable bonds is 13. The number of amides is 2. The Hall–Kier alpha value is -4.05. The molecule has 3 aromatic rings.